The van der Waals surface area contributed by atoms with E-state index in [-0.39, 0.29) is 34.3 Å². The Labute approximate surface area is 152 Å². The number of aromatic nitrogens is 2. The largest absolute Gasteiger partial charge is 0.438 e. The molecule has 2 fully saturated rings. The van der Waals surface area contributed by atoms with Gasteiger partial charge in [0.2, 0.25) is 5.09 Å². The summed E-state index contributed by atoms with van der Waals surface area (Å²) >= 11 is 0. The van der Waals surface area contributed by atoms with Gasteiger partial charge in [0, 0.05) is 37.4 Å². The molecule has 4 rings (SSSR count). The average Bonchev–Trinajstić information content (AvgIpc) is 3.05. The molecule has 8 nitrogen and oxygen atoms in total. The van der Waals surface area contributed by atoms with Gasteiger partial charge < -0.3 is 13.9 Å². The number of nitrogens with zero attached hydrogens (tertiary/aromatic N) is 3. The molecule has 1 saturated heterocycles. The zero-order chi connectivity index (χ0) is 18.7. The third kappa shape index (κ3) is 2.84. The van der Waals surface area contributed by atoms with Crippen molar-refractivity contribution in [1.82, 2.24) is 19.2 Å². The second kappa shape index (κ2) is 5.68. The minimum atomic E-state index is -3.71. The van der Waals surface area contributed by atoms with Crippen molar-refractivity contribution in [2.45, 2.75) is 43.9 Å². The highest BCUT2D eigenvalue weighted by Crippen LogP contribution is 2.48. The summed E-state index contributed by atoms with van der Waals surface area (Å²) in [6.45, 7) is 4.70. The molecule has 1 amide bonds. The van der Waals surface area contributed by atoms with Crippen molar-refractivity contribution in [3.05, 3.63) is 36.1 Å². The van der Waals surface area contributed by atoms with Crippen LogP contribution in [0.25, 0.3) is 0 Å². The molecule has 9 heteroatoms. The molecule has 2 aromatic rings. The predicted molar refractivity (Wildman–Crippen MR) is 92.8 cm³/mol. The Hall–Kier alpha value is -2.13. The maximum atomic E-state index is 12.9. The van der Waals surface area contributed by atoms with E-state index in [4.69, 9.17) is 4.42 Å². The van der Waals surface area contributed by atoms with Crippen LogP contribution in [0.2, 0.25) is 0 Å². The smallest absolute Gasteiger partial charge is 0.290 e. The second-order valence-electron chi connectivity index (χ2n) is 7.73. The van der Waals surface area contributed by atoms with Gasteiger partial charge in [-0.05, 0) is 25.0 Å². The first-order valence-corrected chi connectivity index (χ1v) is 10.1. The van der Waals surface area contributed by atoms with Crippen LogP contribution >= 0.6 is 0 Å². The molecule has 0 spiro atoms. The van der Waals surface area contributed by atoms with Crippen molar-refractivity contribution in [1.29, 1.82) is 0 Å². The van der Waals surface area contributed by atoms with E-state index < -0.39 is 10.0 Å². The molecule has 2 aliphatic rings. The number of rotatable bonds is 5. The fourth-order valence-corrected chi connectivity index (χ4v) is 4.68. The Bertz CT molecular complexity index is 955. The van der Waals surface area contributed by atoms with Crippen LogP contribution in [0.5, 0.6) is 0 Å². The highest BCUT2D eigenvalue weighted by molar-refractivity contribution is 7.89. The van der Waals surface area contributed by atoms with Gasteiger partial charge in [-0.1, -0.05) is 13.8 Å². The highest BCUT2D eigenvalue weighted by Gasteiger charge is 2.51. The summed E-state index contributed by atoms with van der Waals surface area (Å²) in [6, 6.07) is 2.54. The zero-order valence-electron chi connectivity index (χ0n) is 15.0. The van der Waals surface area contributed by atoms with Gasteiger partial charge in [0.05, 0.1) is 6.04 Å². The summed E-state index contributed by atoms with van der Waals surface area (Å²) in [6.07, 6.45) is 5.21. The van der Waals surface area contributed by atoms with Crippen molar-refractivity contribution < 1.29 is 17.6 Å². The fraction of sp³-hybridized carbons (Fsp3) is 0.529. The van der Waals surface area contributed by atoms with Crippen LogP contribution in [0.15, 0.2) is 34.0 Å². The van der Waals surface area contributed by atoms with Crippen LogP contribution in [0.3, 0.4) is 0 Å². The molecule has 1 aliphatic carbocycles. The molecule has 1 N–H and O–H groups in total. The van der Waals surface area contributed by atoms with Gasteiger partial charge in [-0.3, -0.25) is 4.79 Å². The topological polar surface area (TPSA) is 97.4 Å². The van der Waals surface area contributed by atoms with Gasteiger partial charge in [-0.25, -0.2) is 18.1 Å². The third-order valence-electron chi connectivity index (χ3n) is 4.95. The molecular weight excluding hydrogens is 356 g/mol. The lowest BCUT2D eigenvalue weighted by Crippen LogP contribution is -2.58. The lowest BCUT2D eigenvalue weighted by Gasteiger charge is -2.53. The Kier molecular flexibility index (Phi) is 3.78. The normalized spacial score (nSPS) is 22.3. The molecule has 1 aliphatic heterocycles. The summed E-state index contributed by atoms with van der Waals surface area (Å²) < 4.78 is 34.3. The minimum Gasteiger partial charge on any atom is -0.438 e. The van der Waals surface area contributed by atoms with Gasteiger partial charge >= 0.3 is 0 Å². The van der Waals surface area contributed by atoms with Crippen LogP contribution < -0.4 is 4.72 Å². The standard InChI is InChI=1S/C17H22N4O4S/c1-17(2)10-21(14(17)15-18-8-9-20(15)3)16(22)12-6-7-13(25-12)26(23,24)19-11-4-5-11/h6-9,11,14,19H,4-5,10H2,1-3H3. The number of carbonyl (C=O) groups is 1. The number of furan rings is 1. The Morgan fingerprint density at radius 3 is 2.65 bits per heavy atom. The van der Waals surface area contributed by atoms with Gasteiger partial charge in [0.15, 0.2) is 5.76 Å². The summed E-state index contributed by atoms with van der Waals surface area (Å²) in [7, 11) is -1.82. The Morgan fingerprint density at radius 2 is 2.08 bits per heavy atom. The molecule has 1 unspecified atom stereocenters. The molecule has 1 saturated carbocycles. The van der Waals surface area contributed by atoms with Crippen LogP contribution in [0.4, 0.5) is 0 Å². The lowest BCUT2D eigenvalue weighted by molar-refractivity contribution is -0.0395. The van der Waals surface area contributed by atoms with Crippen molar-refractivity contribution >= 4 is 15.9 Å². The molecule has 0 radical (unpaired) electrons. The summed E-state index contributed by atoms with van der Waals surface area (Å²) in [5, 5.41) is -0.221. The van der Waals surface area contributed by atoms with Crippen molar-refractivity contribution in [2.75, 3.05) is 6.54 Å². The lowest BCUT2D eigenvalue weighted by atomic mass is 9.74. The monoisotopic (exact) mass is 378 g/mol. The van der Waals surface area contributed by atoms with Crippen molar-refractivity contribution in [3.8, 4) is 0 Å². The zero-order valence-corrected chi connectivity index (χ0v) is 15.8. The Morgan fingerprint density at radius 1 is 1.35 bits per heavy atom. The van der Waals surface area contributed by atoms with Gasteiger partial charge in [-0.15, -0.1) is 0 Å². The summed E-state index contributed by atoms with van der Waals surface area (Å²) in [5.74, 6) is 0.491. The second-order valence-corrected chi connectivity index (χ2v) is 9.38. The first-order chi connectivity index (χ1) is 12.2. The number of nitrogens with one attached hydrogen (secondary N) is 1. The first kappa shape index (κ1) is 17.3. The number of likely N-dealkylation sites (tertiary alicyclic amines) is 1. The van der Waals surface area contributed by atoms with Gasteiger partial charge in [0.25, 0.3) is 15.9 Å². The van der Waals surface area contributed by atoms with Crippen LogP contribution in [0, 0.1) is 5.41 Å². The number of hydrogen-bond donors (Lipinski definition) is 1. The third-order valence-corrected chi connectivity index (χ3v) is 6.34. The minimum absolute atomic E-state index is 0.0202. The molecule has 26 heavy (non-hydrogen) atoms. The van der Waals surface area contributed by atoms with E-state index in [0.29, 0.717) is 6.54 Å². The predicted octanol–water partition coefficient (Wildman–Crippen LogP) is 1.68. The number of aryl methyl sites for hydroxylation is 1. The molecule has 0 bridgehead atoms. The molecular formula is C17H22N4O4S. The van der Waals surface area contributed by atoms with E-state index in [1.807, 2.05) is 17.8 Å². The molecule has 1 atom stereocenters. The fourth-order valence-electron chi connectivity index (χ4n) is 3.44. The van der Waals surface area contributed by atoms with E-state index in [0.717, 1.165) is 18.7 Å². The van der Waals surface area contributed by atoms with Gasteiger partial charge in [0.1, 0.15) is 5.82 Å². The number of carbonyl (C=O) groups excluding carboxylic acids is 1. The van der Waals surface area contributed by atoms with E-state index in [9.17, 15) is 13.2 Å². The van der Waals surface area contributed by atoms with Crippen LogP contribution in [-0.4, -0.2) is 41.4 Å². The summed E-state index contributed by atoms with van der Waals surface area (Å²) in [4.78, 5) is 18.9. The van der Waals surface area contributed by atoms with E-state index in [1.165, 1.54) is 12.1 Å². The van der Waals surface area contributed by atoms with Gasteiger partial charge in [-0.2, -0.15) is 0 Å². The molecule has 3 heterocycles. The van der Waals surface area contributed by atoms with Crippen molar-refractivity contribution in [2.24, 2.45) is 12.5 Å². The van der Waals surface area contributed by atoms with E-state index in [1.54, 1.807) is 11.1 Å². The van der Waals surface area contributed by atoms with Crippen LogP contribution in [-0.2, 0) is 17.1 Å². The Balaban J connectivity index is 1.57. The molecule has 140 valence electrons. The molecule has 0 aromatic carbocycles. The number of amides is 1. The van der Waals surface area contributed by atoms with Crippen LogP contribution in [0.1, 0.15) is 49.1 Å². The van der Waals surface area contributed by atoms with E-state index >= 15 is 0 Å². The SMILES string of the molecule is Cn1ccnc1C1N(C(=O)c2ccc(S(=O)(=O)NC3CC3)o2)CC1(C)C. The first-order valence-electron chi connectivity index (χ1n) is 8.59. The van der Waals surface area contributed by atoms with E-state index in [2.05, 4.69) is 23.6 Å². The van der Waals surface area contributed by atoms with Crippen molar-refractivity contribution in [3.63, 3.8) is 0 Å². The molecule has 2 aromatic heterocycles. The summed E-state index contributed by atoms with van der Waals surface area (Å²) in [5.41, 5.74) is -0.121. The number of hydrogen-bond acceptors (Lipinski definition) is 5. The quantitative estimate of drug-likeness (QED) is 0.854. The highest BCUT2D eigenvalue weighted by atomic mass is 32.2. The number of sulfonamides is 1. The average molecular weight is 378 g/mol. The maximum Gasteiger partial charge on any atom is 0.290 e. The maximum absolute atomic E-state index is 12.9. The number of imidazole rings is 1.